The number of amides is 1. The van der Waals surface area contributed by atoms with Gasteiger partial charge in [0.1, 0.15) is 0 Å². The number of piperidine rings is 1. The Morgan fingerprint density at radius 1 is 0.674 bits per heavy atom. The molecule has 1 saturated heterocycles. The Balaban J connectivity index is 0.00000529. The topological polar surface area (TPSA) is 194 Å². The molecule has 8 atom stereocenters. The Bertz CT molecular complexity index is 1170. The normalized spacial score (nSPS) is 37.6. The molecule has 258 valence electrons. The van der Waals surface area contributed by atoms with Crippen molar-refractivity contribution < 1.29 is 68.5 Å². The van der Waals surface area contributed by atoms with Crippen molar-refractivity contribution in [3.8, 4) is 0 Å². The van der Waals surface area contributed by atoms with Gasteiger partial charge in [-0.3, -0.25) is 20.7 Å². The fraction of sp³-hybridized carbons (Fsp3) is 0.968. The summed E-state index contributed by atoms with van der Waals surface area (Å²) in [4.78, 5) is 12.9. The van der Waals surface area contributed by atoms with Gasteiger partial charge in [0.15, 0.2) is 0 Å². The Labute approximate surface area is 303 Å². The van der Waals surface area contributed by atoms with E-state index in [0.717, 1.165) is 0 Å². The fourth-order valence-electron chi connectivity index (χ4n) is 8.73. The van der Waals surface area contributed by atoms with Gasteiger partial charge in [-0.05, 0) is 85.4 Å². The van der Waals surface area contributed by atoms with Crippen molar-refractivity contribution >= 4 is 26.1 Å². The van der Waals surface area contributed by atoms with Crippen LogP contribution in [0.15, 0.2) is 0 Å². The molecule has 3 fully saturated rings. The number of carbonyl (C=O) groups is 1. The molecule has 0 aromatic heterocycles. The minimum Gasteiger partial charge on any atom is -0.748 e. The van der Waals surface area contributed by atoms with Crippen molar-refractivity contribution in [3.05, 3.63) is 0 Å². The molecule has 1 amide bonds. The van der Waals surface area contributed by atoms with Gasteiger partial charge in [-0.25, -0.2) is 16.8 Å². The molecule has 46 heavy (non-hydrogen) atoms. The second-order valence-electron chi connectivity index (χ2n) is 15.5. The smallest absolute Gasteiger partial charge is 0.748 e. The van der Waals surface area contributed by atoms with Crippen LogP contribution in [0, 0.1) is 59.2 Å². The minimum absolute atomic E-state index is 0. The summed E-state index contributed by atoms with van der Waals surface area (Å²) in [5.41, 5.74) is 5.98. The van der Waals surface area contributed by atoms with E-state index in [0.29, 0.717) is 19.3 Å². The van der Waals surface area contributed by atoms with Crippen molar-refractivity contribution in [3.63, 3.8) is 0 Å². The van der Waals surface area contributed by atoms with E-state index in [9.17, 15) is 30.7 Å². The molecule has 5 N–H and O–H groups in total. The number of hydrogen-bond acceptors (Lipinski definition) is 10. The fourth-order valence-corrected chi connectivity index (χ4v) is 10.6. The minimum atomic E-state index is -4.45. The summed E-state index contributed by atoms with van der Waals surface area (Å²) in [5.74, 6) is -0.742. The zero-order chi connectivity index (χ0) is 33.5. The monoisotopic (exact) mass is 676 g/mol. The molecule has 0 aromatic rings. The summed E-state index contributed by atoms with van der Waals surface area (Å²) >= 11 is 0. The van der Waals surface area contributed by atoms with Gasteiger partial charge < -0.3 is 14.8 Å². The zero-order valence-corrected chi connectivity index (χ0v) is 31.7. The molecule has 1 aliphatic heterocycles. The van der Waals surface area contributed by atoms with Crippen LogP contribution in [0.5, 0.6) is 0 Å². The Kier molecular flexibility index (Phi) is 16.9. The Hall–Kier alpha value is 0.365. The van der Waals surface area contributed by atoms with Crippen molar-refractivity contribution in [1.82, 2.24) is 16.0 Å². The molecule has 0 spiro atoms. The van der Waals surface area contributed by atoms with E-state index in [-0.39, 0.29) is 122 Å². The molecule has 0 radical (unpaired) electrons. The Morgan fingerprint density at radius 2 is 1.00 bits per heavy atom. The number of nitrogens with one attached hydrogen (secondary N) is 3. The molecule has 1 heterocycles. The summed E-state index contributed by atoms with van der Waals surface area (Å²) < 4.78 is 72.8. The zero-order valence-electron chi connectivity index (χ0n) is 30.0. The van der Waals surface area contributed by atoms with Crippen LogP contribution in [0.1, 0.15) is 94.4 Å². The van der Waals surface area contributed by atoms with Gasteiger partial charge in [-0.15, -0.1) is 0 Å². The SMILES string of the molecule is CC(C)C1CC(S(=O)(=O)[O-])CC(C(C)C)C1NC1CC(C)C(C(N)=O)C(NC2C(C(C)C)CC(S(=O)(=O)[O-])CC2C(C)C)N1.[Li+].[Li+]. The molecule has 2 saturated carbocycles. The van der Waals surface area contributed by atoms with Crippen LogP contribution in [0.4, 0.5) is 0 Å². The van der Waals surface area contributed by atoms with E-state index in [1.54, 1.807) is 0 Å². The van der Waals surface area contributed by atoms with Crippen molar-refractivity contribution in [2.45, 2.75) is 129 Å². The number of rotatable bonds is 11. The molecule has 3 rings (SSSR count). The van der Waals surface area contributed by atoms with Gasteiger partial charge in [-0.2, -0.15) is 0 Å². The predicted octanol–water partition coefficient (Wildman–Crippen LogP) is -3.20. The van der Waals surface area contributed by atoms with Gasteiger partial charge in [0, 0.05) is 12.1 Å². The largest absolute Gasteiger partial charge is 1.00 e. The van der Waals surface area contributed by atoms with Crippen molar-refractivity contribution in [2.75, 3.05) is 0 Å². The van der Waals surface area contributed by atoms with Crippen LogP contribution in [-0.2, 0) is 25.0 Å². The summed E-state index contributed by atoms with van der Waals surface area (Å²) in [6.07, 6.45) is 1.10. The van der Waals surface area contributed by atoms with E-state index in [4.69, 9.17) is 5.73 Å². The summed E-state index contributed by atoms with van der Waals surface area (Å²) in [6, 6.07) is -0.171. The predicted molar refractivity (Wildman–Crippen MR) is 170 cm³/mol. The van der Waals surface area contributed by atoms with Crippen LogP contribution in [0.25, 0.3) is 0 Å². The van der Waals surface area contributed by atoms with Gasteiger partial charge in [0.05, 0.1) is 49.0 Å². The van der Waals surface area contributed by atoms with E-state index < -0.39 is 48.7 Å². The average molecular weight is 677 g/mol. The first-order valence-corrected chi connectivity index (χ1v) is 19.5. The molecular formula is C31H58Li2N4O7S2. The Morgan fingerprint density at radius 3 is 1.28 bits per heavy atom. The molecular weight excluding hydrogens is 618 g/mol. The van der Waals surface area contributed by atoms with E-state index >= 15 is 0 Å². The van der Waals surface area contributed by atoms with E-state index in [2.05, 4.69) is 43.6 Å². The third-order valence-electron chi connectivity index (χ3n) is 11.3. The van der Waals surface area contributed by atoms with Gasteiger partial charge in [0.2, 0.25) is 5.91 Å². The van der Waals surface area contributed by atoms with Crippen LogP contribution in [0.2, 0.25) is 0 Å². The van der Waals surface area contributed by atoms with Gasteiger partial charge in [-0.1, -0.05) is 62.3 Å². The first kappa shape index (κ1) is 44.4. The van der Waals surface area contributed by atoms with Gasteiger partial charge >= 0.3 is 37.7 Å². The number of primary amides is 1. The number of hydrogen-bond donors (Lipinski definition) is 4. The first-order valence-electron chi connectivity index (χ1n) is 16.6. The van der Waals surface area contributed by atoms with Crippen LogP contribution in [-0.4, -0.2) is 66.8 Å². The maximum atomic E-state index is 12.9. The molecule has 2 aliphatic carbocycles. The summed E-state index contributed by atoms with van der Waals surface area (Å²) in [5, 5.41) is 9.38. The average Bonchev–Trinajstić information content (AvgIpc) is 2.86. The number of carbonyl (C=O) groups excluding carboxylic acids is 1. The molecule has 0 aromatic carbocycles. The van der Waals surface area contributed by atoms with Crippen molar-refractivity contribution in [1.29, 1.82) is 0 Å². The van der Waals surface area contributed by atoms with Crippen molar-refractivity contribution in [2.24, 2.45) is 64.9 Å². The molecule has 11 nitrogen and oxygen atoms in total. The third kappa shape index (κ3) is 10.7. The summed E-state index contributed by atoms with van der Waals surface area (Å²) in [7, 11) is -8.86. The first-order chi connectivity index (χ1) is 20.1. The second kappa shape index (κ2) is 17.5. The van der Waals surface area contributed by atoms with Crippen LogP contribution in [0.3, 0.4) is 0 Å². The third-order valence-corrected chi connectivity index (χ3v) is 13.7. The van der Waals surface area contributed by atoms with E-state index in [1.807, 2.05) is 34.6 Å². The van der Waals surface area contributed by atoms with Crippen LogP contribution >= 0.6 is 0 Å². The maximum Gasteiger partial charge on any atom is 1.00 e. The van der Waals surface area contributed by atoms with Gasteiger partial charge in [0.25, 0.3) is 0 Å². The molecule has 0 bridgehead atoms. The summed E-state index contributed by atoms with van der Waals surface area (Å²) in [6.45, 7) is 18.4. The number of nitrogens with two attached hydrogens (primary N) is 1. The maximum absolute atomic E-state index is 12.9. The molecule has 3 aliphatic rings. The molecule has 8 unspecified atom stereocenters. The molecule has 15 heteroatoms. The quantitative estimate of drug-likeness (QED) is 0.128. The van der Waals surface area contributed by atoms with Crippen LogP contribution < -0.4 is 59.4 Å². The van der Waals surface area contributed by atoms with E-state index in [1.165, 1.54) is 0 Å². The second-order valence-corrected chi connectivity index (χ2v) is 18.8. The standard InChI is InChI=1S/C31H60N4O7S2.2Li/c1-15(2)22-11-20(43(37,38)39)12-23(16(3)4)28(22)33-26-10-19(9)27(30(32)36)31(34-26)35-29-24(17(5)6)13-21(44(40,41)42)14-25(29)18(7)8;;/h15-29,31,33-35H,10-14H2,1-9H3,(H2,32,36)(H,37,38,39)(H,40,41,42);;/q;2*+1/p-2.